The third kappa shape index (κ3) is 4.75. The standard InChI is InChI=1S/C14H21NO3/c1-3-4-9-18-13(14(16)17-2)10-11-5-7-12(15)8-6-11/h5-8,13H,3-4,9-10,15H2,1-2H3/t13-/m0/s1. The van der Waals surface area contributed by atoms with Crippen LogP contribution in [0.1, 0.15) is 25.3 Å². The SMILES string of the molecule is CCCCO[C@@H](Cc1ccc(N)cc1)C(=O)OC. The number of ether oxygens (including phenoxy) is 2. The number of esters is 1. The van der Waals surface area contributed by atoms with Crippen molar-refractivity contribution in [1.29, 1.82) is 0 Å². The summed E-state index contributed by atoms with van der Waals surface area (Å²) in [6, 6.07) is 7.42. The van der Waals surface area contributed by atoms with Crippen LogP contribution in [0.3, 0.4) is 0 Å². The first kappa shape index (κ1) is 14.5. The normalized spacial score (nSPS) is 12.1. The quantitative estimate of drug-likeness (QED) is 0.458. The first-order valence-corrected chi connectivity index (χ1v) is 6.21. The van der Waals surface area contributed by atoms with Gasteiger partial charge in [-0.1, -0.05) is 25.5 Å². The monoisotopic (exact) mass is 251 g/mol. The highest BCUT2D eigenvalue weighted by Crippen LogP contribution is 2.11. The predicted octanol–water partition coefficient (Wildman–Crippen LogP) is 2.17. The summed E-state index contributed by atoms with van der Waals surface area (Å²) in [5.41, 5.74) is 7.34. The van der Waals surface area contributed by atoms with Gasteiger partial charge in [-0.3, -0.25) is 0 Å². The van der Waals surface area contributed by atoms with Gasteiger partial charge in [0.2, 0.25) is 0 Å². The van der Waals surface area contributed by atoms with E-state index in [-0.39, 0.29) is 5.97 Å². The number of benzene rings is 1. The van der Waals surface area contributed by atoms with Crippen molar-refractivity contribution in [2.24, 2.45) is 0 Å². The van der Waals surface area contributed by atoms with Gasteiger partial charge in [0.15, 0.2) is 6.10 Å². The molecule has 0 radical (unpaired) electrons. The lowest BCUT2D eigenvalue weighted by atomic mass is 10.1. The smallest absolute Gasteiger partial charge is 0.335 e. The zero-order chi connectivity index (χ0) is 13.4. The summed E-state index contributed by atoms with van der Waals surface area (Å²) in [5, 5.41) is 0. The van der Waals surface area contributed by atoms with Crippen LogP contribution in [-0.2, 0) is 20.7 Å². The van der Waals surface area contributed by atoms with Crippen LogP contribution in [-0.4, -0.2) is 25.8 Å². The number of carbonyl (C=O) groups is 1. The topological polar surface area (TPSA) is 61.5 Å². The van der Waals surface area contributed by atoms with Gasteiger partial charge in [0.25, 0.3) is 0 Å². The minimum atomic E-state index is -0.537. The summed E-state index contributed by atoms with van der Waals surface area (Å²) in [6.07, 6.45) is 1.95. The maximum absolute atomic E-state index is 11.6. The van der Waals surface area contributed by atoms with Crippen molar-refractivity contribution in [2.75, 3.05) is 19.5 Å². The Morgan fingerprint density at radius 1 is 1.33 bits per heavy atom. The molecule has 0 spiro atoms. The Morgan fingerprint density at radius 2 is 2.00 bits per heavy atom. The largest absolute Gasteiger partial charge is 0.467 e. The fraction of sp³-hybridized carbons (Fsp3) is 0.500. The number of hydrogen-bond donors (Lipinski definition) is 1. The van der Waals surface area contributed by atoms with E-state index in [0.29, 0.717) is 18.7 Å². The highest BCUT2D eigenvalue weighted by Gasteiger charge is 2.20. The van der Waals surface area contributed by atoms with Gasteiger partial charge in [-0.2, -0.15) is 0 Å². The lowest BCUT2D eigenvalue weighted by molar-refractivity contribution is -0.154. The Hall–Kier alpha value is -1.55. The summed E-state index contributed by atoms with van der Waals surface area (Å²) in [4.78, 5) is 11.6. The fourth-order valence-electron chi connectivity index (χ4n) is 1.58. The maximum atomic E-state index is 11.6. The summed E-state index contributed by atoms with van der Waals surface area (Å²) < 4.78 is 10.3. The molecule has 0 heterocycles. The highest BCUT2D eigenvalue weighted by molar-refractivity contribution is 5.75. The molecule has 1 rings (SSSR count). The molecule has 100 valence electrons. The molecular weight excluding hydrogens is 230 g/mol. The van der Waals surface area contributed by atoms with E-state index in [9.17, 15) is 4.79 Å². The van der Waals surface area contributed by atoms with Gasteiger partial charge in [-0.05, 0) is 24.1 Å². The summed E-state index contributed by atoms with van der Waals surface area (Å²) in [6.45, 7) is 2.65. The minimum Gasteiger partial charge on any atom is -0.467 e. The lowest BCUT2D eigenvalue weighted by Gasteiger charge is -2.15. The van der Waals surface area contributed by atoms with E-state index >= 15 is 0 Å². The highest BCUT2D eigenvalue weighted by atomic mass is 16.6. The van der Waals surface area contributed by atoms with Crippen molar-refractivity contribution in [3.05, 3.63) is 29.8 Å². The van der Waals surface area contributed by atoms with Gasteiger partial charge in [-0.15, -0.1) is 0 Å². The Balaban J connectivity index is 2.59. The minimum absolute atomic E-state index is 0.331. The second-order valence-electron chi connectivity index (χ2n) is 4.18. The molecule has 4 nitrogen and oxygen atoms in total. The molecule has 0 bridgehead atoms. The number of unbranched alkanes of at least 4 members (excludes halogenated alkanes) is 1. The predicted molar refractivity (Wildman–Crippen MR) is 71.2 cm³/mol. The summed E-state index contributed by atoms with van der Waals surface area (Å²) >= 11 is 0. The van der Waals surface area contributed by atoms with E-state index in [0.717, 1.165) is 18.4 Å². The van der Waals surface area contributed by atoms with Gasteiger partial charge in [0.1, 0.15) is 0 Å². The van der Waals surface area contributed by atoms with Crippen molar-refractivity contribution < 1.29 is 14.3 Å². The van der Waals surface area contributed by atoms with Crippen molar-refractivity contribution in [3.8, 4) is 0 Å². The van der Waals surface area contributed by atoms with Crippen LogP contribution in [0.2, 0.25) is 0 Å². The lowest BCUT2D eigenvalue weighted by Crippen LogP contribution is -2.28. The van der Waals surface area contributed by atoms with Crippen LogP contribution < -0.4 is 5.73 Å². The fourth-order valence-corrected chi connectivity index (χ4v) is 1.58. The molecule has 0 aliphatic carbocycles. The summed E-state index contributed by atoms with van der Waals surface area (Å²) in [5.74, 6) is -0.331. The van der Waals surface area contributed by atoms with E-state index in [4.69, 9.17) is 15.2 Å². The van der Waals surface area contributed by atoms with E-state index in [2.05, 4.69) is 6.92 Å². The van der Waals surface area contributed by atoms with Gasteiger partial charge >= 0.3 is 5.97 Å². The number of hydrogen-bond acceptors (Lipinski definition) is 4. The Morgan fingerprint density at radius 3 is 2.56 bits per heavy atom. The first-order chi connectivity index (χ1) is 8.67. The number of methoxy groups -OCH3 is 1. The zero-order valence-electron chi connectivity index (χ0n) is 11.0. The molecule has 0 unspecified atom stereocenters. The number of anilines is 1. The van der Waals surface area contributed by atoms with Crippen LogP contribution in [0.5, 0.6) is 0 Å². The van der Waals surface area contributed by atoms with Crippen molar-refractivity contribution in [2.45, 2.75) is 32.3 Å². The first-order valence-electron chi connectivity index (χ1n) is 6.21. The molecule has 0 aliphatic heterocycles. The number of rotatable bonds is 7. The van der Waals surface area contributed by atoms with E-state index in [1.807, 2.05) is 24.3 Å². The molecule has 18 heavy (non-hydrogen) atoms. The van der Waals surface area contributed by atoms with Crippen LogP contribution in [0.25, 0.3) is 0 Å². The van der Waals surface area contributed by atoms with Crippen LogP contribution in [0.4, 0.5) is 5.69 Å². The number of nitrogen functional groups attached to an aromatic ring is 1. The van der Waals surface area contributed by atoms with E-state index < -0.39 is 6.10 Å². The number of carbonyl (C=O) groups excluding carboxylic acids is 1. The Labute approximate surface area is 108 Å². The molecule has 0 saturated carbocycles. The molecule has 0 amide bonds. The molecule has 2 N–H and O–H groups in total. The molecule has 0 fully saturated rings. The second-order valence-corrected chi connectivity index (χ2v) is 4.18. The van der Waals surface area contributed by atoms with E-state index in [1.54, 1.807) is 0 Å². The average molecular weight is 251 g/mol. The third-order valence-corrected chi connectivity index (χ3v) is 2.68. The molecule has 1 aromatic carbocycles. The van der Waals surface area contributed by atoms with Crippen LogP contribution in [0, 0.1) is 0 Å². The molecule has 0 aliphatic rings. The molecule has 0 saturated heterocycles. The Kier molecular flexibility index (Phi) is 6.22. The molecule has 0 aromatic heterocycles. The van der Waals surface area contributed by atoms with Gasteiger partial charge in [0.05, 0.1) is 7.11 Å². The third-order valence-electron chi connectivity index (χ3n) is 2.68. The van der Waals surface area contributed by atoms with Crippen molar-refractivity contribution in [1.82, 2.24) is 0 Å². The summed E-state index contributed by atoms with van der Waals surface area (Å²) in [7, 11) is 1.38. The van der Waals surface area contributed by atoms with Crippen LogP contribution >= 0.6 is 0 Å². The molecule has 1 atom stereocenters. The van der Waals surface area contributed by atoms with Crippen molar-refractivity contribution in [3.63, 3.8) is 0 Å². The van der Waals surface area contributed by atoms with Crippen molar-refractivity contribution >= 4 is 11.7 Å². The van der Waals surface area contributed by atoms with Crippen LogP contribution in [0.15, 0.2) is 24.3 Å². The average Bonchev–Trinajstić information content (AvgIpc) is 2.39. The van der Waals surface area contributed by atoms with E-state index in [1.165, 1.54) is 7.11 Å². The maximum Gasteiger partial charge on any atom is 0.335 e. The van der Waals surface area contributed by atoms with Gasteiger partial charge < -0.3 is 15.2 Å². The van der Waals surface area contributed by atoms with Gasteiger partial charge in [-0.25, -0.2) is 4.79 Å². The number of nitrogens with two attached hydrogens (primary N) is 1. The van der Waals surface area contributed by atoms with Gasteiger partial charge in [0, 0.05) is 18.7 Å². The zero-order valence-corrected chi connectivity index (χ0v) is 11.0. The molecular formula is C14H21NO3. The Bertz CT molecular complexity index is 362. The second kappa shape index (κ2) is 7.71. The molecule has 1 aromatic rings. The molecule has 4 heteroatoms.